The van der Waals surface area contributed by atoms with Crippen LogP contribution in [0.5, 0.6) is 0 Å². The van der Waals surface area contributed by atoms with Gasteiger partial charge in [0.1, 0.15) is 0 Å². The molecule has 11 heavy (non-hydrogen) atoms. The van der Waals surface area contributed by atoms with Crippen LogP contribution in [0.25, 0.3) is 0 Å². The minimum Gasteiger partial charge on any atom is -0.212 e. The van der Waals surface area contributed by atoms with E-state index in [4.69, 9.17) is 11.6 Å². The molecule has 0 spiro atoms. The monoisotopic (exact) mass is 261 g/mol. The fraction of sp³-hybridized carbons (Fsp3) is 0.600. The normalized spacial score (nSPS) is 11.5. The predicted molar refractivity (Wildman–Crippen MR) is 50.6 cm³/mol. The molecule has 0 heterocycles. The Morgan fingerprint density at radius 1 is 1.64 bits per heavy atom. The molecular formula is C5H9BrClNO2S. The van der Waals surface area contributed by atoms with Crippen molar-refractivity contribution in [2.45, 2.75) is 0 Å². The molecule has 0 aromatic carbocycles. The smallest absolute Gasteiger partial charge is 0.212 e. The zero-order chi connectivity index (χ0) is 8.91. The maximum absolute atomic E-state index is 10.9. The summed E-state index contributed by atoms with van der Waals surface area (Å²) in [4.78, 5) is 0. The summed E-state index contributed by atoms with van der Waals surface area (Å²) < 4.78 is 24.6. The van der Waals surface area contributed by atoms with Crippen molar-refractivity contribution in [3.63, 3.8) is 0 Å². The van der Waals surface area contributed by atoms with E-state index in [9.17, 15) is 8.42 Å². The van der Waals surface area contributed by atoms with E-state index in [1.165, 1.54) is 0 Å². The first-order valence-electron chi connectivity index (χ1n) is 2.84. The SMILES string of the molecule is C=C(Br)CNS(=O)(=O)CCCl. The van der Waals surface area contributed by atoms with Crippen molar-refractivity contribution >= 4 is 37.6 Å². The maximum Gasteiger partial charge on any atom is 0.213 e. The first kappa shape index (κ1) is 11.4. The van der Waals surface area contributed by atoms with E-state index in [1.54, 1.807) is 0 Å². The van der Waals surface area contributed by atoms with Crippen molar-refractivity contribution in [3.8, 4) is 0 Å². The number of sulfonamides is 1. The van der Waals surface area contributed by atoms with E-state index in [0.717, 1.165) is 0 Å². The van der Waals surface area contributed by atoms with E-state index in [1.807, 2.05) is 0 Å². The molecule has 66 valence electrons. The maximum atomic E-state index is 10.9. The number of hydrogen-bond donors (Lipinski definition) is 1. The first-order valence-corrected chi connectivity index (χ1v) is 5.82. The van der Waals surface area contributed by atoms with E-state index in [-0.39, 0.29) is 18.2 Å². The topological polar surface area (TPSA) is 46.2 Å². The van der Waals surface area contributed by atoms with Crippen molar-refractivity contribution in [3.05, 3.63) is 11.1 Å². The molecule has 0 aliphatic heterocycles. The van der Waals surface area contributed by atoms with Gasteiger partial charge in [-0.25, -0.2) is 13.1 Å². The molecule has 0 radical (unpaired) electrons. The van der Waals surface area contributed by atoms with Crippen LogP contribution in [0.3, 0.4) is 0 Å². The van der Waals surface area contributed by atoms with Gasteiger partial charge in [-0.15, -0.1) is 11.6 Å². The summed E-state index contributed by atoms with van der Waals surface area (Å²) >= 11 is 8.27. The zero-order valence-corrected chi connectivity index (χ0v) is 8.97. The highest BCUT2D eigenvalue weighted by Crippen LogP contribution is 1.98. The minimum atomic E-state index is -3.20. The molecule has 3 nitrogen and oxygen atoms in total. The van der Waals surface area contributed by atoms with Crippen molar-refractivity contribution in [1.82, 2.24) is 4.72 Å². The van der Waals surface area contributed by atoms with E-state index < -0.39 is 10.0 Å². The van der Waals surface area contributed by atoms with Crippen molar-refractivity contribution in [1.29, 1.82) is 0 Å². The summed E-state index contributed by atoms with van der Waals surface area (Å²) in [7, 11) is -3.20. The van der Waals surface area contributed by atoms with Crippen molar-refractivity contribution in [2.24, 2.45) is 0 Å². The number of rotatable bonds is 5. The lowest BCUT2D eigenvalue weighted by Gasteiger charge is -2.02. The van der Waals surface area contributed by atoms with Crippen LogP contribution in [0, 0.1) is 0 Å². The highest BCUT2D eigenvalue weighted by Gasteiger charge is 2.07. The summed E-state index contributed by atoms with van der Waals surface area (Å²) in [5, 5.41) is 0. The fourth-order valence-electron chi connectivity index (χ4n) is 0.362. The second-order valence-electron chi connectivity index (χ2n) is 1.85. The molecule has 1 N–H and O–H groups in total. The van der Waals surface area contributed by atoms with Crippen molar-refractivity contribution < 1.29 is 8.42 Å². The van der Waals surface area contributed by atoms with Gasteiger partial charge in [-0.1, -0.05) is 22.5 Å². The standard InChI is InChI=1S/C5H9BrClNO2S/c1-5(6)4-8-11(9,10)3-2-7/h8H,1-4H2. The third-order valence-electron chi connectivity index (χ3n) is 0.830. The Labute approximate surface area is 80.0 Å². The molecule has 0 amide bonds. The number of halogens is 2. The molecule has 0 bridgehead atoms. The van der Waals surface area contributed by atoms with Crippen LogP contribution in [0.1, 0.15) is 0 Å². The van der Waals surface area contributed by atoms with Gasteiger partial charge < -0.3 is 0 Å². The summed E-state index contributed by atoms with van der Waals surface area (Å²) in [6, 6.07) is 0. The second-order valence-corrected chi connectivity index (χ2v) is 5.27. The highest BCUT2D eigenvalue weighted by atomic mass is 79.9. The van der Waals surface area contributed by atoms with Gasteiger partial charge in [-0.2, -0.15) is 0 Å². The fourth-order valence-corrected chi connectivity index (χ4v) is 2.04. The largest absolute Gasteiger partial charge is 0.213 e. The van der Waals surface area contributed by atoms with Crippen LogP contribution >= 0.6 is 27.5 Å². The molecule has 6 heteroatoms. The van der Waals surface area contributed by atoms with Crippen LogP contribution in [-0.2, 0) is 10.0 Å². The molecule has 0 saturated carbocycles. The van der Waals surface area contributed by atoms with Crippen molar-refractivity contribution in [2.75, 3.05) is 18.2 Å². The third kappa shape index (κ3) is 6.80. The summed E-state index contributed by atoms with van der Waals surface area (Å²) in [5.41, 5.74) is 0. The van der Waals surface area contributed by atoms with Gasteiger partial charge in [0.25, 0.3) is 0 Å². The second kappa shape index (κ2) is 5.13. The van der Waals surface area contributed by atoms with Gasteiger partial charge in [-0.05, 0) is 0 Å². The lowest BCUT2D eigenvalue weighted by Crippen LogP contribution is -2.27. The lowest BCUT2D eigenvalue weighted by atomic mass is 10.7. The van der Waals surface area contributed by atoms with Crippen LogP contribution in [0.2, 0.25) is 0 Å². The van der Waals surface area contributed by atoms with Crippen LogP contribution in [0.4, 0.5) is 0 Å². The predicted octanol–water partition coefficient (Wildman–Crippen LogP) is 1.05. The Morgan fingerprint density at radius 3 is 2.55 bits per heavy atom. The zero-order valence-electron chi connectivity index (χ0n) is 5.81. The minimum absolute atomic E-state index is 0.0607. The van der Waals surface area contributed by atoms with E-state index in [2.05, 4.69) is 27.2 Å². The molecule has 0 atom stereocenters. The Balaban J connectivity index is 3.84. The lowest BCUT2D eigenvalue weighted by molar-refractivity contribution is 0.587. The van der Waals surface area contributed by atoms with Crippen LogP contribution < -0.4 is 4.72 Å². The molecule has 0 fully saturated rings. The quantitative estimate of drug-likeness (QED) is 0.753. The molecule has 0 aromatic heterocycles. The third-order valence-corrected chi connectivity index (χ3v) is 2.85. The molecule has 0 aliphatic rings. The highest BCUT2D eigenvalue weighted by molar-refractivity contribution is 9.11. The average Bonchev–Trinajstić information content (AvgIpc) is 1.84. The Hall–Kier alpha value is 0.420. The Morgan fingerprint density at radius 2 is 2.18 bits per heavy atom. The number of alkyl halides is 1. The van der Waals surface area contributed by atoms with Crippen LogP contribution in [0.15, 0.2) is 11.1 Å². The molecule has 0 rings (SSSR count). The van der Waals surface area contributed by atoms with E-state index >= 15 is 0 Å². The van der Waals surface area contributed by atoms with Gasteiger partial charge in [0, 0.05) is 16.9 Å². The molecule has 0 aromatic rings. The van der Waals surface area contributed by atoms with Gasteiger partial charge in [0.15, 0.2) is 0 Å². The van der Waals surface area contributed by atoms with Gasteiger partial charge >= 0.3 is 0 Å². The van der Waals surface area contributed by atoms with Gasteiger partial charge in [0.05, 0.1) is 5.75 Å². The first-order chi connectivity index (χ1) is 4.98. The number of nitrogens with one attached hydrogen (secondary N) is 1. The van der Waals surface area contributed by atoms with E-state index in [0.29, 0.717) is 4.48 Å². The van der Waals surface area contributed by atoms with Gasteiger partial charge in [0.2, 0.25) is 10.0 Å². The average molecular weight is 263 g/mol. The summed E-state index contributed by atoms with van der Waals surface area (Å²) in [5.74, 6) is 0.0406. The summed E-state index contributed by atoms with van der Waals surface area (Å²) in [6.07, 6.45) is 0. The summed E-state index contributed by atoms with van der Waals surface area (Å²) in [6.45, 7) is 3.68. The van der Waals surface area contributed by atoms with Crippen LogP contribution in [-0.4, -0.2) is 26.6 Å². The molecular weight excluding hydrogens is 253 g/mol. The number of hydrogen-bond acceptors (Lipinski definition) is 2. The molecule has 0 unspecified atom stereocenters. The Bertz CT molecular complexity index is 227. The molecule has 0 saturated heterocycles. The Kier molecular flexibility index (Phi) is 5.33. The van der Waals surface area contributed by atoms with Gasteiger partial charge in [-0.3, -0.25) is 0 Å². The molecule has 0 aliphatic carbocycles.